The van der Waals surface area contributed by atoms with E-state index in [9.17, 15) is 9.59 Å². The molecule has 10 nitrogen and oxygen atoms in total. The zero-order valence-electron chi connectivity index (χ0n) is 23.8. The summed E-state index contributed by atoms with van der Waals surface area (Å²) >= 11 is 11.9. The third kappa shape index (κ3) is 9.48. The topological polar surface area (TPSA) is 124 Å². The van der Waals surface area contributed by atoms with E-state index >= 15 is 0 Å². The molecule has 4 N–H and O–H groups in total. The number of benzene rings is 1. The highest BCUT2D eigenvalue weighted by molar-refractivity contribution is 6.18. The molecule has 0 aliphatic carbocycles. The molecule has 1 aromatic heterocycles. The number of esters is 1. The van der Waals surface area contributed by atoms with E-state index in [1.54, 1.807) is 0 Å². The first-order valence-electron chi connectivity index (χ1n) is 14.1. The molecule has 0 radical (unpaired) electrons. The normalized spacial score (nSPS) is 17.1. The van der Waals surface area contributed by atoms with E-state index in [1.807, 2.05) is 43.7 Å². The Morgan fingerprint density at radius 2 is 2.05 bits per heavy atom. The quantitative estimate of drug-likeness (QED) is 0.199. The first-order valence-corrected chi connectivity index (χ1v) is 15.2. The van der Waals surface area contributed by atoms with Crippen molar-refractivity contribution in [3.8, 4) is 0 Å². The predicted octanol–water partition coefficient (Wildman–Crippen LogP) is 2.57. The summed E-state index contributed by atoms with van der Waals surface area (Å²) in [5, 5.41) is 6.08. The number of nitrogens with one attached hydrogen (secondary N) is 2. The minimum absolute atomic E-state index is 0.0256. The first-order chi connectivity index (χ1) is 19.2. The minimum atomic E-state index is -0.789. The molecule has 1 unspecified atom stereocenters. The summed E-state index contributed by atoms with van der Waals surface area (Å²) in [4.78, 5) is 32.7. The number of imidazole rings is 1. The smallest absolute Gasteiger partial charge is 0.328 e. The predicted molar refractivity (Wildman–Crippen MR) is 160 cm³/mol. The Morgan fingerprint density at radius 1 is 1.30 bits per heavy atom. The second kappa shape index (κ2) is 16.4. The van der Waals surface area contributed by atoms with Crippen molar-refractivity contribution in [3.05, 3.63) is 24.0 Å². The maximum atomic E-state index is 13.0. The second-order valence-corrected chi connectivity index (χ2v) is 11.4. The Bertz CT molecular complexity index is 1090. The van der Waals surface area contributed by atoms with Crippen LogP contribution in [0.15, 0.2) is 18.2 Å². The molecule has 3 atom stereocenters. The summed E-state index contributed by atoms with van der Waals surface area (Å²) in [6.07, 6.45) is 2.00. The maximum Gasteiger partial charge on any atom is 0.328 e. The van der Waals surface area contributed by atoms with Crippen molar-refractivity contribution in [2.24, 2.45) is 18.7 Å². The number of anilines is 1. The number of ether oxygens (including phenoxy) is 2. The van der Waals surface area contributed by atoms with E-state index in [-0.39, 0.29) is 24.5 Å². The molecule has 0 saturated carbocycles. The van der Waals surface area contributed by atoms with E-state index in [0.717, 1.165) is 35.6 Å². The number of nitrogens with two attached hydrogens (primary N) is 1. The molecule has 224 valence electrons. The van der Waals surface area contributed by atoms with Crippen LogP contribution in [0.5, 0.6) is 0 Å². The molecule has 1 aliphatic heterocycles. The number of aromatic nitrogens is 2. The van der Waals surface area contributed by atoms with Gasteiger partial charge in [-0.25, -0.2) is 9.78 Å². The fourth-order valence-corrected chi connectivity index (χ4v) is 5.22. The van der Waals surface area contributed by atoms with Crippen molar-refractivity contribution in [1.82, 2.24) is 20.2 Å². The summed E-state index contributed by atoms with van der Waals surface area (Å²) in [7, 11) is 1.95. The van der Waals surface area contributed by atoms with Crippen LogP contribution < -0.4 is 21.3 Å². The Hall–Kier alpha value is -2.11. The fourth-order valence-electron chi connectivity index (χ4n) is 4.81. The lowest BCUT2D eigenvalue weighted by Gasteiger charge is -2.24. The molecular formula is C28H44Cl2N6O4. The largest absolute Gasteiger partial charge is 0.464 e. The highest BCUT2D eigenvalue weighted by Gasteiger charge is 2.26. The summed E-state index contributed by atoms with van der Waals surface area (Å²) in [6, 6.07) is 4.56. The van der Waals surface area contributed by atoms with Gasteiger partial charge < -0.3 is 35.3 Å². The Labute approximate surface area is 247 Å². The zero-order valence-corrected chi connectivity index (χ0v) is 25.3. The van der Waals surface area contributed by atoms with Gasteiger partial charge in [0, 0.05) is 63.5 Å². The molecule has 3 rings (SSSR count). The van der Waals surface area contributed by atoms with Crippen molar-refractivity contribution < 1.29 is 19.1 Å². The molecule has 1 aromatic carbocycles. The molecule has 1 aliphatic rings. The van der Waals surface area contributed by atoms with Crippen LogP contribution in [-0.2, 0) is 32.5 Å². The van der Waals surface area contributed by atoms with Gasteiger partial charge in [0.25, 0.3) is 0 Å². The lowest BCUT2D eigenvalue weighted by Crippen LogP contribution is -2.49. The van der Waals surface area contributed by atoms with Gasteiger partial charge >= 0.3 is 5.97 Å². The molecule has 1 amide bonds. The molecule has 40 heavy (non-hydrogen) atoms. The number of alkyl halides is 2. The fraction of sp³-hybridized carbons (Fsp3) is 0.679. The monoisotopic (exact) mass is 598 g/mol. The summed E-state index contributed by atoms with van der Waals surface area (Å²) in [6.45, 7) is 7.85. The van der Waals surface area contributed by atoms with Crippen LogP contribution in [0.4, 0.5) is 5.69 Å². The number of carbonyl (C=O) groups excluding carboxylic acids is 2. The van der Waals surface area contributed by atoms with E-state index < -0.39 is 18.1 Å². The van der Waals surface area contributed by atoms with Gasteiger partial charge in [-0.15, -0.1) is 23.2 Å². The highest BCUT2D eigenvalue weighted by Crippen LogP contribution is 2.23. The van der Waals surface area contributed by atoms with Gasteiger partial charge in [0.1, 0.15) is 11.9 Å². The third-order valence-corrected chi connectivity index (χ3v) is 7.38. The van der Waals surface area contributed by atoms with Gasteiger partial charge in [-0.05, 0) is 37.0 Å². The van der Waals surface area contributed by atoms with E-state index in [0.29, 0.717) is 57.1 Å². The number of morpholine rings is 1. The van der Waals surface area contributed by atoms with Gasteiger partial charge in [-0.2, -0.15) is 0 Å². The lowest BCUT2D eigenvalue weighted by molar-refractivity contribution is -0.149. The van der Waals surface area contributed by atoms with Gasteiger partial charge in [-0.3, -0.25) is 4.79 Å². The lowest BCUT2D eigenvalue weighted by atomic mass is 10.0. The molecule has 1 fully saturated rings. The summed E-state index contributed by atoms with van der Waals surface area (Å²) in [5.41, 5.74) is 9.12. The van der Waals surface area contributed by atoms with Crippen molar-refractivity contribution in [2.45, 2.75) is 57.7 Å². The minimum Gasteiger partial charge on any atom is -0.464 e. The number of fused-ring (bicyclic) bond motifs is 1. The second-order valence-electron chi connectivity index (χ2n) is 10.6. The number of aryl methyl sites for hydroxylation is 2. The van der Waals surface area contributed by atoms with Crippen molar-refractivity contribution in [1.29, 1.82) is 0 Å². The van der Waals surface area contributed by atoms with E-state index in [1.165, 1.54) is 0 Å². The number of halogens is 2. The van der Waals surface area contributed by atoms with Crippen LogP contribution in [0.25, 0.3) is 11.0 Å². The first kappa shape index (κ1) is 32.4. The van der Waals surface area contributed by atoms with Crippen LogP contribution >= 0.6 is 23.2 Å². The molecule has 0 spiro atoms. The zero-order chi connectivity index (χ0) is 29.1. The average Bonchev–Trinajstić information content (AvgIpc) is 3.25. The molecule has 12 heteroatoms. The molecule has 1 saturated heterocycles. The maximum absolute atomic E-state index is 13.0. The SMILES string of the molecule is CC(C)C[C@H](NC(=O)[C@@H](N)CCc1nc2cc(N(CCCl)CCCl)ccc2n1C)C(=O)OCCC1CNCCO1. The standard InChI is InChI=1S/C28H44Cl2N6O4/c1-19(2)16-24(28(38)40-14-8-21-18-32-11-15-39-21)34-27(37)22(31)5-7-26-33-23-17-20(4-6-25(23)35(26)3)36(12-9-29)13-10-30/h4,6,17,19,21-22,24,32H,5,7-16,18,31H2,1-3H3,(H,34,37)/t21?,22-,24-/m0/s1. The number of hydrogen-bond acceptors (Lipinski definition) is 8. The van der Waals surface area contributed by atoms with Gasteiger partial charge in [0.05, 0.1) is 36.4 Å². The highest BCUT2D eigenvalue weighted by atomic mass is 35.5. The van der Waals surface area contributed by atoms with Crippen LogP contribution in [-0.4, -0.2) is 90.8 Å². The number of rotatable bonds is 16. The van der Waals surface area contributed by atoms with Gasteiger partial charge in [0.15, 0.2) is 0 Å². The van der Waals surface area contributed by atoms with Crippen molar-refractivity contribution in [2.75, 3.05) is 56.1 Å². The Kier molecular flexibility index (Phi) is 13.3. The summed E-state index contributed by atoms with van der Waals surface area (Å²) < 4.78 is 13.2. The Morgan fingerprint density at radius 3 is 2.70 bits per heavy atom. The number of amides is 1. The van der Waals surface area contributed by atoms with Crippen LogP contribution in [0.2, 0.25) is 0 Å². The van der Waals surface area contributed by atoms with Crippen LogP contribution in [0.3, 0.4) is 0 Å². The third-order valence-electron chi connectivity index (χ3n) is 7.04. The molecule has 0 bridgehead atoms. The Balaban J connectivity index is 1.56. The number of nitrogens with zero attached hydrogens (tertiary/aromatic N) is 3. The van der Waals surface area contributed by atoms with Crippen LogP contribution in [0.1, 0.15) is 38.9 Å². The van der Waals surface area contributed by atoms with Crippen molar-refractivity contribution >= 4 is 51.8 Å². The van der Waals surface area contributed by atoms with E-state index in [2.05, 4.69) is 15.5 Å². The summed E-state index contributed by atoms with van der Waals surface area (Å²) in [5.74, 6) is 1.21. The van der Waals surface area contributed by atoms with Gasteiger partial charge in [0.2, 0.25) is 5.91 Å². The van der Waals surface area contributed by atoms with E-state index in [4.69, 9.17) is 43.4 Å². The van der Waals surface area contributed by atoms with Gasteiger partial charge in [-0.1, -0.05) is 13.8 Å². The average molecular weight is 600 g/mol. The van der Waals surface area contributed by atoms with Crippen LogP contribution in [0, 0.1) is 5.92 Å². The molecule has 2 heterocycles. The number of carbonyl (C=O) groups is 2. The molecule has 2 aromatic rings. The number of hydrogen-bond donors (Lipinski definition) is 3. The molecular weight excluding hydrogens is 555 g/mol. The van der Waals surface area contributed by atoms with Crippen molar-refractivity contribution in [3.63, 3.8) is 0 Å².